The lowest BCUT2D eigenvalue weighted by Gasteiger charge is -2.14. The number of ether oxygens (including phenoxy) is 1. The van der Waals surface area contributed by atoms with Crippen molar-refractivity contribution in [2.24, 2.45) is 0 Å². The third-order valence-corrected chi connectivity index (χ3v) is 2.15. The maximum absolute atomic E-state index is 11.4. The van der Waals surface area contributed by atoms with Gasteiger partial charge in [0.05, 0.1) is 13.1 Å². The lowest BCUT2D eigenvalue weighted by Crippen LogP contribution is -2.30. The Bertz CT molecular complexity index is 416. The molecule has 0 saturated heterocycles. The molecule has 5 nitrogen and oxygen atoms in total. The smallest absolute Gasteiger partial charge is 0.320 e. The highest BCUT2D eigenvalue weighted by atomic mass is 16.5. The van der Waals surface area contributed by atoms with Crippen LogP contribution in [0.2, 0.25) is 0 Å². The molecule has 5 heteroatoms. The van der Waals surface area contributed by atoms with Crippen molar-refractivity contribution >= 4 is 11.9 Å². The van der Waals surface area contributed by atoms with Gasteiger partial charge in [0, 0.05) is 0 Å². The molecule has 0 bridgehead atoms. The fourth-order valence-corrected chi connectivity index (χ4v) is 1.35. The van der Waals surface area contributed by atoms with Crippen LogP contribution in [0.15, 0.2) is 43.0 Å². The quantitative estimate of drug-likeness (QED) is 0.559. The first-order chi connectivity index (χ1) is 8.63. The molecule has 1 unspecified atom stereocenters. The summed E-state index contributed by atoms with van der Waals surface area (Å²) < 4.78 is 5.16. The van der Waals surface area contributed by atoms with Crippen LogP contribution in [-0.4, -0.2) is 30.1 Å². The van der Waals surface area contributed by atoms with E-state index in [-0.39, 0.29) is 13.1 Å². The lowest BCUT2D eigenvalue weighted by molar-refractivity contribution is -0.146. The number of hydrogen-bond acceptors (Lipinski definition) is 4. The number of carbonyl (C=O) groups is 2. The summed E-state index contributed by atoms with van der Waals surface area (Å²) in [4.78, 5) is 21.7. The summed E-state index contributed by atoms with van der Waals surface area (Å²) in [7, 11) is 0. The second-order valence-electron chi connectivity index (χ2n) is 3.55. The van der Waals surface area contributed by atoms with E-state index < -0.39 is 18.0 Å². The van der Waals surface area contributed by atoms with Gasteiger partial charge in [0.25, 0.3) is 0 Å². The van der Waals surface area contributed by atoms with E-state index in [0.29, 0.717) is 0 Å². The first-order valence-electron chi connectivity index (χ1n) is 5.43. The van der Waals surface area contributed by atoms with Gasteiger partial charge in [0.2, 0.25) is 0 Å². The average molecular weight is 249 g/mol. The second-order valence-corrected chi connectivity index (χ2v) is 3.55. The SMILES string of the molecule is C=CC(OC(=O)CNCC(=O)O)c1ccccc1. The van der Waals surface area contributed by atoms with Crippen LogP contribution in [0.25, 0.3) is 0 Å². The lowest BCUT2D eigenvalue weighted by atomic mass is 10.1. The molecule has 2 N–H and O–H groups in total. The Kier molecular flexibility index (Phi) is 5.60. The molecule has 1 rings (SSSR count). The highest BCUT2D eigenvalue weighted by Gasteiger charge is 2.12. The van der Waals surface area contributed by atoms with Gasteiger partial charge in [-0.3, -0.25) is 14.9 Å². The van der Waals surface area contributed by atoms with Crippen molar-refractivity contribution in [1.82, 2.24) is 5.32 Å². The summed E-state index contributed by atoms with van der Waals surface area (Å²) in [6, 6.07) is 9.18. The van der Waals surface area contributed by atoms with Crippen LogP contribution in [0, 0.1) is 0 Å². The summed E-state index contributed by atoms with van der Waals surface area (Å²) in [6.07, 6.45) is 0.995. The number of aliphatic carboxylic acids is 1. The van der Waals surface area contributed by atoms with Gasteiger partial charge < -0.3 is 9.84 Å². The summed E-state index contributed by atoms with van der Waals surface area (Å²) >= 11 is 0. The molecule has 0 aliphatic carbocycles. The first kappa shape index (κ1) is 13.9. The molecule has 0 fully saturated rings. The van der Waals surface area contributed by atoms with Crippen molar-refractivity contribution in [1.29, 1.82) is 0 Å². The van der Waals surface area contributed by atoms with E-state index in [1.807, 2.05) is 30.3 Å². The maximum Gasteiger partial charge on any atom is 0.320 e. The minimum Gasteiger partial charge on any atom is -0.480 e. The number of benzene rings is 1. The number of nitrogens with one attached hydrogen (secondary N) is 1. The number of carboxylic acids is 1. The third-order valence-electron chi connectivity index (χ3n) is 2.15. The molecule has 96 valence electrons. The summed E-state index contributed by atoms with van der Waals surface area (Å²) in [5.41, 5.74) is 0.819. The largest absolute Gasteiger partial charge is 0.480 e. The van der Waals surface area contributed by atoms with E-state index in [2.05, 4.69) is 11.9 Å². The Morgan fingerprint density at radius 3 is 2.56 bits per heavy atom. The number of carbonyl (C=O) groups excluding carboxylic acids is 1. The summed E-state index contributed by atoms with van der Waals surface area (Å²) in [6.45, 7) is 3.18. The van der Waals surface area contributed by atoms with Crippen LogP contribution in [-0.2, 0) is 14.3 Å². The van der Waals surface area contributed by atoms with Crippen molar-refractivity contribution in [2.75, 3.05) is 13.1 Å². The van der Waals surface area contributed by atoms with Gasteiger partial charge in [-0.1, -0.05) is 36.9 Å². The number of hydrogen-bond donors (Lipinski definition) is 2. The molecule has 0 aliphatic rings. The minimum atomic E-state index is -1.02. The van der Waals surface area contributed by atoms with Crippen LogP contribution in [0.5, 0.6) is 0 Å². The summed E-state index contributed by atoms with van der Waals surface area (Å²) in [5, 5.41) is 10.9. The van der Waals surface area contributed by atoms with Gasteiger partial charge in [-0.05, 0) is 11.6 Å². The van der Waals surface area contributed by atoms with Crippen LogP contribution in [0.3, 0.4) is 0 Å². The van der Waals surface area contributed by atoms with Gasteiger partial charge in [0.1, 0.15) is 6.10 Å². The molecule has 0 saturated carbocycles. The van der Waals surface area contributed by atoms with Gasteiger partial charge >= 0.3 is 11.9 Å². The molecule has 0 aromatic heterocycles. The van der Waals surface area contributed by atoms with Gasteiger partial charge in [0.15, 0.2) is 0 Å². The van der Waals surface area contributed by atoms with Crippen molar-refractivity contribution in [3.05, 3.63) is 48.6 Å². The van der Waals surface area contributed by atoms with E-state index >= 15 is 0 Å². The molecule has 0 radical (unpaired) electrons. The number of esters is 1. The van der Waals surface area contributed by atoms with E-state index in [1.165, 1.54) is 6.08 Å². The topological polar surface area (TPSA) is 75.6 Å². The first-order valence-corrected chi connectivity index (χ1v) is 5.43. The van der Waals surface area contributed by atoms with E-state index in [0.717, 1.165) is 5.56 Å². The Morgan fingerprint density at radius 1 is 1.33 bits per heavy atom. The molecule has 18 heavy (non-hydrogen) atoms. The predicted octanol–water partition coefficient (Wildman–Crippen LogP) is 1.13. The number of carboxylic acid groups (broad SMARTS) is 1. The average Bonchev–Trinajstić information content (AvgIpc) is 2.36. The number of rotatable bonds is 7. The Balaban J connectivity index is 2.46. The van der Waals surface area contributed by atoms with Crippen LogP contribution < -0.4 is 5.32 Å². The molecule has 1 aromatic rings. The van der Waals surface area contributed by atoms with Crippen LogP contribution in [0.1, 0.15) is 11.7 Å². The van der Waals surface area contributed by atoms with Crippen molar-refractivity contribution in [2.45, 2.75) is 6.10 Å². The van der Waals surface area contributed by atoms with Crippen molar-refractivity contribution in [3.63, 3.8) is 0 Å². The fourth-order valence-electron chi connectivity index (χ4n) is 1.35. The van der Waals surface area contributed by atoms with Crippen LogP contribution in [0.4, 0.5) is 0 Å². The Labute approximate surface area is 105 Å². The standard InChI is InChI=1S/C13H15NO4/c1-2-11(10-6-4-3-5-7-10)18-13(17)9-14-8-12(15)16/h2-7,11,14H,1,8-9H2,(H,15,16). The minimum absolute atomic E-state index is 0.149. The molecule has 0 amide bonds. The zero-order valence-corrected chi connectivity index (χ0v) is 9.83. The highest BCUT2D eigenvalue weighted by molar-refractivity contribution is 5.74. The third kappa shape index (κ3) is 4.80. The van der Waals surface area contributed by atoms with Crippen LogP contribution >= 0.6 is 0 Å². The Morgan fingerprint density at radius 2 is 2.00 bits per heavy atom. The molecule has 1 atom stereocenters. The molecule has 0 aliphatic heterocycles. The monoisotopic (exact) mass is 249 g/mol. The molecule has 1 aromatic carbocycles. The maximum atomic E-state index is 11.4. The normalized spacial score (nSPS) is 11.6. The van der Waals surface area contributed by atoms with Crippen molar-refractivity contribution < 1.29 is 19.4 Å². The Hall–Kier alpha value is -2.14. The molecule has 0 spiro atoms. The molecule has 0 heterocycles. The van der Waals surface area contributed by atoms with E-state index in [1.54, 1.807) is 0 Å². The van der Waals surface area contributed by atoms with Crippen molar-refractivity contribution in [3.8, 4) is 0 Å². The predicted molar refractivity (Wildman–Crippen MR) is 66.0 cm³/mol. The highest BCUT2D eigenvalue weighted by Crippen LogP contribution is 2.17. The summed E-state index contributed by atoms with van der Waals surface area (Å²) in [5.74, 6) is -1.55. The molecular weight excluding hydrogens is 234 g/mol. The van der Waals surface area contributed by atoms with E-state index in [9.17, 15) is 9.59 Å². The zero-order chi connectivity index (χ0) is 13.4. The molecular formula is C13H15NO4. The van der Waals surface area contributed by atoms with Gasteiger partial charge in [-0.2, -0.15) is 0 Å². The van der Waals surface area contributed by atoms with Gasteiger partial charge in [-0.15, -0.1) is 0 Å². The second kappa shape index (κ2) is 7.24. The zero-order valence-electron chi connectivity index (χ0n) is 9.83. The van der Waals surface area contributed by atoms with Gasteiger partial charge in [-0.25, -0.2) is 0 Å². The fraction of sp³-hybridized carbons (Fsp3) is 0.231. The van der Waals surface area contributed by atoms with E-state index in [4.69, 9.17) is 9.84 Å².